The minimum atomic E-state index is -0.667. The first-order valence-electron chi connectivity index (χ1n) is 10.2. The average Bonchev–Trinajstić information content (AvgIpc) is 3.08. The number of furan rings is 1. The number of esters is 1. The summed E-state index contributed by atoms with van der Waals surface area (Å²) in [7, 11) is 0. The summed E-state index contributed by atoms with van der Waals surface area (Å²) in [6.07, 6.45) is -0.667. The van der Waals surface area contributed by atoms with Gasteiger partial charge in [0.25, 0.3) is 0 Å². The molecule has 0 radical (unpaired) electrons. The summed E-state index contributed by atoms with van der Waals surface area (Å²) in [5.74, 6) is 0.232. The second kappa shape index (κ2) is 9.78. The molecular weight excluding hydrogens is 382 g/mol. The molecule has 2 N–H and O–H groups in total. The van der Waals surface area contributed by atoms with E-state index in [9.17, 15) is 9.90 Å². The van der Waals surface area contributed by atoms with Crippen LogP contribution in [-0.2, 0) is 4.74 Å². The lowest BCUT2D eigenvalue weighted by molar-refractivity contribution is 0.0491. The molecule has 0 saturated heterocycles. The molecule has 1 aromatic heterocycles. The Morgan fingerprint density at radius 1 is 1.17 bits per heavy atom. The normalized spacial score (nSPS) is 12.3. The van der Waals surface area contributed by atoms with E-state index in [1.807, 2.05) is 63.2 Å². The largest absolute Gasteiger partial charge is 0.490 e. The summed E-state index contributed by atoms with van der Waals surface area (Å²) in [5.41, 5.74) is 3.10. The molecule has 30 heavy (non-hydrogen) atoms. The van der Waals surface area contributed by atoms with Crippen molar-refractivity contribution < 1.29 is 23.8 Å². The second-order valence-corrected chi connectivity index (χ2v) is 7.52. The van der Waals surface area contributed by atoms with Crippen LogP contribution in [-0.4, -0.2) is 43.0 Å². The number of carbonyl (C=O) groups is 1. The maximum absolute atomic E-state index is 12.3. The van der Waals surface area contributed by atoms with Gasteiger partial charge in [0.15, 0.2) is 0 Å². The van der Waals surface area contributed by atoms with Crippen molar-refractivity contribution in [3.05, 3.63) is 53.8 Å². The van der Waals surface area contributed by atoms with Gasteiger partial charge >= 0.3 is 5.97 Å². The van der Waals surface area contributed by atoms with Gasteiger partial charge in [0.05, 0.1) is 12.0 Å². The molecule has 0 aliphatic carbocycles. The lowest BCUT2D eigenvalue weighted by Crippen LogP contribution is -2.35. The zero-order chi connectivity index (χ0) is 21.7. The van der Waals surface area contributed by atoms with Gasteiger partial charge in [0.2, 0.25) is 5.76 Å². The van der Waals surface area contributed by atoms with Crippen molar-refractivity contribution in [2.24, 2.45) is 0 Å². The van der Waals surface area contributed by atoms with Crippen LogP contribution in [0.4, 0.5) is 0 Å². The van der Waals surface area contributed by atoms with E-state index in [-0.39, 0.29) is 25.0 Å². The van der Waals surface area contributed by atoms with Crippen molar-refractivity contribution in [1.29, 1.82) is 0 Å². The third-order valence-corrected chi connectivity index (χ3v) is 4.75. The minimum Gasteiger partial charge on any atom is -0.490 e. The third kappa shape index (κ3) is 5.01. The molecule has 1 heterocycles. The maximum Gasteiger partial charge on any atom is 0.374 e. The van der Waals surface area contributed by atoms with Crippen LogP contribution in [0.3, 0.4) is 0 Å². The van der Waals surface area contributed by atoms with E-state index < -0.39 is 12.1 Å². The third-order valence-electron chi connectivity index (χ3n) is 4.75. The molecule has 160 valence electrons. The molecule has 1 unspecified atom stereocenters. The van der Waals surface area contributed by atoms with Crippen molar-refractivity contribution in [2.45, 2.75) is 39.8 Å². The quantitative estimate of drug-likeness (QED) is 0.511. The lowest BCUT2D eigenvalue weighted by Gasteiger charge is -2.16. The number of benzene rings is 2. The Bertz CT molecular complexity index is 994. The molecule has 6 nitrogen and oxygen atoms in total. The Hall–Kier alpha value is -2.83. The first kappa shape index (κ1) is 21.9. The molecule has 0 spiro atoms. The van der Waals surface area contributed by atoms with Crippen LogP contribution < -0.4 is 10.1 Å². The molecule has 0 bridgehead atoms. The van der Waals surface area contributed by atoms with E-state index >= 15 is 0 Å². The van der Waals surface area contributed by atoms with Gasteiger partial charge < -0.3 is 24.3 Å². The predicted octanol–water partition coefficient (Wildman–Crippen LogP) is 4.32. The minimum absolute atomic E-state index is 0.117. The topological polar surface area (TPSA) is 80.9 Å². The Morgan fingerprint density at radius 2 is 1.90 bits per heavy atom. The standard InChI is InChI=1S/C24H29NO5/c1-5-28-24(27)23-16(4)22-20(29-14-19(26)13-25-15(2)3)11-18(12-21(22)30-23)17-9-7-6-8-10-17/h6-12,15,19,25-26H,5,13-14H2,1-4H3. The van der Waals surface area contributed by atoms with Crippen molar-refractivity contribution in [2.75, 3.05) is 19.8 Å². The highest BCUT2D eigenvalue weighted by molar-refractivity contribution is 6.00. The van der Waals surface area contributed by atoms with E-state index in [1.165, 1.54) is 0 Å². The first-order chi connectivity index (χ1) is 14.4. The summed E-state index contributed by atoms with van der Waals surface area (Å²) in [4.78, 5) is 12.3. The van der Waals surface area contributed by atoms with Gasteiger partial charge in [-0.1, -0.05) is 44.2 Å². The highest BCUT2D eigenvalue weighted by Crippen LogP contribution is 2.38. The molecule has 3 aromatic rings. The number of nitrogens with one attached hydrogen (secondary N) is 1. The fourth-order valence-electron chi connectivity index (χ4n) is 3.26. The number of ether oxygens (including phenoxy) is 2. The summed E-state index contributed by atoms with van der Waals surface area (Å²) < 4.78 is 17.0. The smallest absolute Gasteiger partial charge is 0.374 e. The molecule has 1 atom stereocenters. The average molecular weight is 411 g/mol. The van der Waals surface area contributed by atoms with Gasteiger partial charge in [-0.25, -0.2) is 4.79 Å². The summed E-state index contributed by atoms with van der Waals surface area (Å²) in [6.45, 7) is 8.42. The van der Waals surface area contributed by atoms with E-state index in [2.05, 4.69) is 5.32 Å². The Kier molecular flexibility index (Phi) is 7.13. The van der Waals surface area contributed by atoms with Gasteiger partial charge in [-0.3, -0.25) is 0 Å². The number of aryl methyl sites for hydroxylation is 1. The van der Waals surface area contributed by atoms with Gasteiger partial charge in [0, 0.05) is 18.2 Å². The highest BCUT2D eigenvalue weighted by Gasteiger charge is 2.23. The summed E-state index contributed by atoms with van der Waals surface area (Å²) >= 11 is 0. The molecule has 6 heteroatoms. The zero-order valence-corrected chi connectivity index (χ0v) is 17.9. The highest BCUT2D eigenvalue weighted by atomic mass is 16.5. The van der Waals surface area contributed by atoms with E-state index in [0.717, 1.165) is 11.1 Å². The van der Waals surface area contributed by atoms with Crippen molar-refractivity contribution in [3.8, 4) is 16.9 Å². The van der Waals surface area contributed by atoms with Crippen LogP contribution in [0.25, 0.3) is 22.1 Å². The molecule has 3 rings (SSSR count). The van der Waals surface area contributed by atoms with Crippen molar-refractivity contribution >= 4 is 16.9 Å². The number of aliphatic hydroxyl groups excluding tert-OH is 1. The van der Waals surface area contributed by atoms with Gasteiger partial charge in [-0.2, -0.15) is 0 Å². The van der Waals surface area contributed by atoms with E-state index in [4.69, 9.17) is 13.9 Å². The number of hydrogen-bond donors (Lipinski definition) is 2. The van der Waals surface area contributed by atoms with E-state index in [1.54, 1.807) is 6.92 Å². The van der Waals surface area contributed by atoms with Crippen molar-refractivity contribution in [3.63, 3.8) is 0 Å². The van der Waals surface area contributed by atoms with Crippen LogP contribution in [0.2, 0.25) is 0 Å². The zero-order valence-electron chi connectivity index (χ0n) is 17.9. The first-order valence-corrected chi connectivity index (χ1v) is 10.2. The van der Waals surface area contributed by atoms with Gasteiger partial charge in [-0.15, -0.1) is 0 Å². The number of rotatable bonds is 9. The van der Waals surface area contributed by atoms with Gasteiger partial charge in [-0.05, 0) is 37.1 Å². The molecule has 0 aliphatic heterocycles. The van der Waals surface area contributed by atoms with E-state index in [0.29, 0.717) is 28.8 Å². The molecule has 2 aromatic carbocycles. The molecule has 0 fully saturated rings. The number of carbonyl (C=O) groups excluding carboxylic acids is 1. The number of aliphatic hydroxyl groups is 1. The molecular formula is C24H29NO5. The lowest BCUT2D eigenvalue weighted by atomic mass is 10.0. The second-order valence-electron chi connectivity index (χ2n) is 7.52. The van der Waals surface area contributed by atoms with Crippen LogP contribution in [0.15, 0.2) is 46.9 Å². The molecule has 0 amide bonds. The molecule has 0 aliphatic rings. The maximum atomic E-state index is 12.3. The Morgan fingerprint density at radius 3 is 2.57 bits per heavy atom. The predicted molar refractivity (Wildman–Crippen MR) is 117 cm³/mol. The fourth-order valence-corrected chi connectivity index (χ4v) is 3.26. The summed E-state index contributed by atoms with van der Waals surface area (Å²) in [6, 6.07) is 13.9. The Balaban J connectivity index is 1.99. The summed E-state index contributed by atoms with van der Waals surface area (Å²) in [5, 5.41) is 14.2. The van der Waals surface area contributed by atoms with Crippen LogP contribution >= 0.6 is 0 Å². The van der Waals surface area contributed by atoms with Crippen molar-refractivity contribution in [1.82, 2.24) is 5.32 Å². The number of hydrogen-bond acceptors (Lipinski definition) is 6. The van der Waals surface area contributed by atoms with Gasteiger partial charge in [0.1, 0.15) is 24.0 Å². The fraction of sp³-hybridized carbons (Fsp3) is 0.375. The Labute approximate surface area is 176 Å². The van der Waals surface area contributed by atoms with Crippen LogP contribution in [0.5, 0.6) is 5.75 Å². The van der Waals surface area contributed by atoms with Crippen LogP contribution in [0.1, 0.15) is 36.9 Å². The monoisotopic (exact) mass is 411 g/mol. The molecule has 0 saturated carbocycles. The SMILES string of the molecule is CCOC(=O)c1oc2cc(-c3ccccc3)cc(OCC(O)CNC(C)C)c2c1C. The number of fused-ring (bicyclic) bond motifs is 1. The van der Waals surface area contributed by atoms with Crippen LogP contribution in [0, 0.1) is 6.92 Å².